The zero-order valence-corrected chi connectivity index (χ0v) is 9.95. The lowest BCUT2D eigenvalue weighted by molar-refractivity contribution is 0.756. The SMILES string of the molecule is c1ccc(-n2nnnc2SCc2nn[nH]n2)cc1. The minimum absolute atomic E-state index is 0.559. The topological polar surface area (TPSA) is 98.1 Å². The summed E-state index contributed by atoms with van der Waals surface area (Å²) in [7, 11) is 0. The Morgan fingerprint density at radius 2 is 2.06 bits per heavy atom. The van der Waals surface area contributed by atoms with Crippen LogP contribution in [0.5, 0.6) is 0 Å². The summed E-state index contributed by atoms with van der Waals surface area (Å²) >= 11 is 1.45. The van der Waals surface area contributed by atoms with Crippen LogP contribution in [0.4, 0.5) is 0 Å². The lowest BCUT2D eigenvalue weighted by Crippen LogP contribution is -1.98. The Kier molecular flexibility index (Phi) is 2.96. The monoisotopic (exact) mass is 260 g/mol. The van der Waals surface area contributed by atoms with Gasteiger partial charge >= 0.3 is 0 Å². The molecule has 0 bridgehead atoms. The summed E-state index contributed by atoms with van der Waals surface area (Å²) in [5.41, 5.74) is 0.915. The van der Waals surface area contributed by atoms with Gasteiger partial charge in [0.2, 0.25) is 5.16 Å². The molecule has 0 unspecified atom stereocenters. The van der Waals surface area contributed by atoms with Crippen molar-refractivity contribution in [3.8, 4) is 5.69 Å². The summed E-state index contributed by atoms with van der Waals surface area (Å²) < 4.78 is 1.67. The van der Waals surface area contributed by atoms with Crippen LogP contribution in [-0.4, -0.2) is 40.8 Å². The van der Waals surface area contributed by atoms with Crippen molar-refractivity contribution in [3.63, 3.8) is 0 Å². The number of tetrazole rings is 2. The van der Waals surface area contributed by atoms with Gasteiger partial charge in [-0.3, -0.25) is 0 Å². The number of nitrogens with one attached hydrogen (secondary N) is 1. The molecule has 0 saturated heterocycles. The Morgan fingerprint density at radius 1 is 1.17 bits per heavy atom. The van der Waals surface area contributed by atoms with Crippen molar-refractivity contribution in [2.75, 3.05) is 0 Å². The molecule has 0 aliphatic heterocycles. The Hall–Kier alpha value is -2.29. The summed E-state index contributed by atoms with van der Waals surface area (Å²) in [6.07, 6.45) is 0. The van der Waals surface area contributed by atoms with E-state index in [1.807, 2.05) is 30.3 Å². The van der Waals surface area contributed by atoms with Gasteiger partial charge in [0.05, 0.1) is 11.4 Å². The number of hydrogen-bond acceptors (Lipinski definition) is 7. The van der Waals surface area contributed by atoms with Gasteiger partial charge in [-0.25, -0.2) is 0 Å². The first kappa shape index (κ1) is 10.8. The van der Waals surface area contributed by atoms with Crippen LogP contribution in [0.3, 0.4) is 0 Å². The van der Waals surface area contributed by atoms with E-state index in [4.69, 9.17) is 0 Å². The van der Waals surface area contributed by atoms with E-state index >= 15 is 0 Å². The fraction of sp³-hybridized carbons (Fsp3) is 0.111. The van der Waals surface area contributed by atoms with Crippen LogP contribution in [0, 0.1) is 0 Å². The van der Waals surface area contributed by atoms with Gasteiger partial charge in [0.15, 0.2) is 5.82 Å². The van der Waals surface area contributed by atoms with Crippen molar-refractivity contribution in [1.29, 1.82) is 0 Å². The van der Waals surface area contributed by atoms with Gasteiger partial charge < -0.3 is 0 Å². The highest BCUT2D eigenvalue weighted by atomic mass is 32.2. The molecule has 3 aromatic rings. The molecular formula is C9H8N8S. The lowest BCUT2D eigenvalue weighted by Gasteiger charge is -2.01. The molecular weight excluding hydrogens is 252 g/mol. The average Bonchev–Trinajstić information content (AvgIpc) is 3.09. The number of thioether (sulfide) groups is 1. The number of rotatable bonds is 4. The fourth-order valence-corrected chi connectivity index (χ4v) is 2.11. The first-order valence-electron chi connectivity index (χ1n) is 5.12. The lowest BCUT2D eigenvalue weighted by atomic mass is 10.3. The summed E-state index contributed by atoms with van der Waals surface area (Å²) in [5, 5.41) is 25.9. The minimum atomic E-state index is 0.559. The van der Waals surface area contributed by atoms with Crippen LogP contribution in [0.2, 0.25) is 0 Å². The predicted octanol–water partition coefficient (Wildman–Crippen LogP) is 0.468. The van der Waals surface area contributed by atoms with Crippen LogP contribution in [0.15, 0.2) is 35.5 Å². The molecule has 0 fully saturated rings. The number of H-pyrrole nitrogens is 1. The number of para-hydroxylation sites is 1. The zero-order valence-electron chi connectivity index (χ0n) is 9.13. The molecule has 8 nitrogen and oxygen atoms in total. The van der Waals surface area contributed by atoms with Crippen molar-refractivity contribution in [3.05, 3.63) is 36.2 Å². The normalized spacial score (nSPS) is 10.7. The van der Waals surface area contributed by atoms with Gasteiger partial charge in [-0.15, -0.1) is 15.3 Å². The summed E-state index contributed by atoms with van der Waals surface area (Å²) in [6, 6.07) is 9.69. The molecule has 0 aliphatic carbocycles. The van der Waals surface area contributed by atoms with E-state index in [9.17, 15) is 0 Å². The maximum Gasteiger partial charge on any atom is 0.214 e. The molecule has 0 radical (unpaired) electrons. The third-order valence-electron chi connectivity index (χ3n) is 2.16. The molecule has 0 spiro atoms. The maximum absolute atomic E-state index is 3.97. The Labute approximate surface area is 106 Å². The van der Waals surface area contributed by atoms with Crippen molar-refractivity contribution in [1.82, 2.24) is 40.8 Å². The van der Waals surface area contributed by atoms with Crippen molar-refractivity contribution in [2.45, 2.75) is 10.9 Å². The Morgan fingerprint density at radius 3 is 2.83 bits per heavy atom. The molecule has 0 atom stereocenters. The first-order valence-corrected chi connectivity index (χ1v) is 6.11. The number of nitrogens with zero attached hydrogens (tertiary/aromatic N) is 7. The highest BCUT2D eigenvalue weighted by Gasteiger charge is 2.10. The van der Waals surface area contributed by atoms with Crippen LogP contribution in [0.1, 0.15) is 5.82 Å². The van der Waals surface area contributed by atoms with Gasteiger partial charge in [-0.1, -0.05) is 35.2 Å². The van der Waals surface area contributed by atoms with Gasteiger partial charge in [-0.05, 0) is 22.6 Å². The molecule has 0 aliphatic rings. The molecule has 18 heavy (non-hydrogen) atoms. The van der Waals surface area contributed by atoms with E-state index in [1.165, 1.54) is 11.8 Å². The highest BCUT2D eigenvalue weighted by Crippen LogP contribution is 2.20. The molecule has 2 heterocycles. The smallest absolute Gasteiger partial charge is 0.187 e. The molecule has 3 rings (SSSR count). The van der Waals surface area contributed by atoms with Crippen LogP contribution in [-0.2, 0) is 5.75 Å². The molecule has 0 saturated carbocycles. The van der Waals surface area contributed by atoms with Gasteiger partial charge in [0.25, 0.3) is 0 Å². The summed E-state index contributed by atoms with van der Waals surface area (Å²) in [6.45, 7) is 0. The Bertz CT molecular complexity index is 605. The molecule has 1 N–H and O–H groups in total. The van der Waals surface area contributed by atoms with E-state index < -0.39 is 0 Å². The van der Waals surface area contributed by atoms with Gasteiger partial charge in [-0.2, -0.15) is 9.90 Å². The van der Waals surface area contributed by atoms with Crippen LogP contribution >= 0.6 is 11.8 Å². The number of aromatic nitrogens is 8. The second-order valence-electron chi connectivity index (χ2n) is 3.33. The van der Waals surface area contributed by atoms with Crippen molar-refractivity contribution in [2.24, 2.45) is 0 Å². The molecule has 9 heteroatoms. The van der Waals surface area contributed by atoms with E-state index in [-0.39, 0.29) is 0 Å². The van der Waals surface area contributed by atoms with Gasteiger partial charge in [0, 0.05) is 0 Å². The quantitative estimate of drug-likeness (QED) is 0.681. The summed E-state index contributed by atoms with van der Waals surface area (Å²) in [5.74, 6) is 1.17. The van der Waals surface area contributed by atoms with E-state index in [2.05, 4.69) is 36.1 Å². The Balaban J connectivity index is 1.80. The van der Waals surface area contributed by atoms with Crippen molar-refractivity contribution < 1.29 is 0 Å². The number of benzene rings is 1. The largest absolute Gasteiger partial charge is 0.214 e. The first-order chi connectivity index (χ1) is 8.93. The number of hydrogen-bond donors (Lipinski definition) is 1. The minimum Gasteiger partial charge on any atom is -0.187 e. The highest BCUT2D eigenvalue weighted by molar-refractivity contribution is 7.98. The average molecular weight is 260 g/mol. The standard InChI is InChI=1S/C9H8N8S/c1-2-4-7(5-3-1)17-9(12-15-16-17)18-6-8-10-13-14-11-8/h1-5H,6H2,(H,10,11,13,14). The molecule has 1 aromatic carbocycles. The third kappa shape index (κ3) is 2.20. The maximum atomic E-state index is 3.97. The van der Waals surface area contributed by atoms with Crippen LogP contribution < -0.4 is 0 Å². The molecule has 0 amide bonds. The predicted molar refractivity (Wildman–Crippen MR) is 62.9 cm³/mol. The number of aromatic amines is 1. The van der Waals surface area contributed by atoms with E-state index in [0.29, 0.717) is 16.7 Å². The third-order valence-corrected chi connectivity index (χ3v) is 3.08. The second kappa shape index (κ2) is 4.92. The van der Waals surface area contributed by atoms with E-state index in [1.54, 1.807) is 4.68 Å². The fourth-order valence-electron chi connectivity index (χ4n) is 1.37. The van der Waals surface area contributed by atoms with E-state index in [0.717, 1.165) is 5.69 Å². The second-order valence-corrected chi connectivity index (χ2v) is 4.27. The summed E-state index contributed by atoms with van der Waals surface area (Å²) in [4.78, 5) is 0. The van der Waals surface area contributed by atoms with Crippen LogP contribution in [0.25, 0.3) is 5.69 Å². The zero-order chi connectivity index (χ0) is 12.2. The molecule has 2 aromatic heterocycles. The molecule has 90 valence electrons. The van der Waals surface area contributed by atoms with Crippen molar-refractivity contribution >= 4 is 11.8 Å². The van der Waals surface area contributed by atoms with Gasteiger partial charge in [0.1, 0.15) is 0 Å².